The number of ketones is 2. The molecule has 1 N–H and O–H groups in total. The molecule has 1 heterocycles. The van der Waals surface area contributed by atoms with Gasteiger partial charge in [0.05, 0.1) is 55.9 Å². The number of hydrogen-bond acceptors (Lipinski definition) is 10. The van der Waals surface area contributed by atoms with E-state index in [2.05, 4.69) is 0 Å². The highest BCUT2D eigenvalue weighted by atomic mass is 16.5. The van der Waals surface area contributed by atoms with Gasteiger partial charge in [0.1, 0.15) is 5.78 Å². The van der Waals surface area contributed by atoms with Crippen molar-refractivity contribution >= 4 is 29.4 Å². The van der Waals surface area contributed by atoms with Gasteiger partial charge >= 0.3 is 5.97 Å². The molecular formula is C42H69N3O9. The monoisotopic (exact) mass is 760 g/mol. The van der Waals surface area contributed by atoms with Crippen molar-refractivity contribution in [3.63, 3.8) is 0 Å². The number of likely N-dealkylation sites (tertiary alicyclic amines) is 1. The third-order valence-corrected chi connectivity index (χ3v) is 11.5. The normalized spacial score (nSPS) is 19.7. The number of ether oxygens (including phenoxy) is 3. The van der Waals surface area contributed by atoms with Crippen molar-refractivity contribution in [3.8, 4) is 0 Å². The molecule has 0 aromatic heterocycles. The van der Waals surface area contributed by atoms with Crippen molar-refractivity contribution in [3.05, 3.63) is 35.9 Å². The Morgan fingerprint density at radius 2 is 1.52 bits per heavy atom. The molecule has 12 nitrogen and oxygen atoms in total. The van der Waals surface area contributed by atoms with Gasteiger partial charge in [0.25, 0.3) is 0 Å². The molecule has 54 heavy (non-hydrogen) atoms. The predicted molar refractivity (Wildman–Crippen MR) is 209 cm³/mol. The zero-order valence-electron chi connectivity index (χ0n) is 34.9. The summed E-state index contributed by atoms with van der Waals surface area (Å²) in [5, 5.41) is 10.3. The summed E-state index contributed by atoms with van der Waals surface area (Å²) in [4.78, 5) is 73.4. The van der Waals surface area contributed by atoms with Crippen molar-refractivity contribution in [2.24, 2.45) is 29.6 Å². The van der Waals surface area contributed by atoms with E-state index in [4.69, 9.17) is 14.2 Å². The number of hydrogen-bond donors (Lipinski definition) is 1. The number of aliphatic hydroxyl groups excluding tert-OH is 1. The fourth-order valence-corrected chi connectivity index (χ4v) is 8.27. The zero-order chi connectivity index (χ0) is 40.9. The summed E-state index contributed by atoms with van der Waals surface area (Å²) in [6.45, 7) is 11.8. The van der Waals surface area contributed by atoms with Crippen molar-refractivity contribution in [1.82, 2.24) is 14.7 Å². The van der Waals surface area contributed by atoms with E-state index in [-0.39, 0.29) is 60.5 Å². The van der Waals surface area contributed by atoms with Crippen LogP contribution in [-0.2, 0) is 44.6 Å². The lowest BCUT2D eigenvalue weighted by Gasteiger charge is -2.41. The number of aliphatic hydroxyl groups is 1. The number of rotatable bonds is 23. The second-order valence-corrected chi connectivity index (χ2v) is 15.8. The zero-order valence-corrected chi connectivity index (χ0v) is 34.9. The topological polar surface area (TPSA) is 143 Å². The van der Waals surface area contributed by atoms with Gasteiger partial charge < -0.3 is 29.1 Å². The Balaban J connectivity index is 2.29. The summed E-state index contributed by atoms with van der Waals surface area (Å²) >= 11 is 0. The third-order valence-electron chi connectivity index (χ3n) is 11.5. The molecule has 2 rings (SSSR count). The Hall–Kier alpha value is -3.19. The van der Waals surface area contributed by atoms with Gasteiger partial charge in [-0.3, -0.25) is 28.9 Å². The number of carbonyl (C=O) groups is 5. The van der Waals surface area contributed by atoms with Gasteiger partial charge in [-0.1, -0.05) is 71.4 Å². The molecule has 0 spiro atoms. The molecule has 1 aromatic rings. The van der Waals surface area contributed by atoms with E-state index >= 15 is 0 Å². The Morgan fingerprint density at radius 1 is 0.889 bits per heavy atom. The average molecular weight is 760 g/mol. The van der Waals surface area contributed by atoms with Crippen LogP contribution in [0, 0.1) is 29.6 Å². The second-order valence-electron chi connectivity index (χ2n) is 15.8. The molecule has 306 valence electrons. The molecular weight excluding hydrogens is 690 g/mol. The van der Waals surface area contributed by atoms with Gasteiger partial charge in [-0.25, -0.2) is 0 Å². The van der Waals surface area contributed by atoms with Crippen LogP contribution < -0.4 is 0 Å². The number of Topliss-reactive ketones (excluding diaryl/α,β-unsaturated/α-hetero) is 2. The quantitative estimate of drug-likeness (QED) is 0.159. The van der Waals surface area contributed by atoms with Crippen LogP contribution in [-0.4, -0.2) is 135 Å². The van der Waals surface area contributed by atoms with Crippen LogP contribution in [0.3, 0.4) is 0 Å². The lowest BCUT2D eigenvalue weighted by atomic mass is 9.84. The van der Waals surface area contributed by atoms with Gasteiger partial charge in [0.15, 0.2) is 5.78 Å². The number of carbonyl (C=O) groups excluding carboxylic acids is 5. The smallest absolute Gasteiger partial charge is 0.309 e. The van der Waals surface area contributed by atoms with E-state index in [0.29, 0.717) is 19.4 Å². The van der Waals surface area contributed by atoms with Crippen molar-refractivity contribution in [1.29, 1.82) is 0 Å². The Labute approximate surface area is 324 Å². The van der Waals surface area contributed by atoms with E-state index < -0.39 is 54.1 Å². The fourth-order valence-electron chi connectivity index (χ4n) is 8.27. The maximum atomic E-state index is 14.2. The third kappa shape index (κ3) is 12.4. The predicted octanol–water partition coefficient (Wildman–Crippen LogP) is 4.44. The first-order chi connectivity index (χ1) is 25.4. The molecule has 1 fully saturated rings. The summed E-state index contributed by atoms with van der Waals surface area (Å²) in [6.07, 6.45) is 0.346. The van der Waals surface area contributed by atoms with E-state index in [1.807, 2.05) is 58.0 Å². The molecule has 0 aliphatic carbocycles. The van der Waals surface area contributed by atoms with Crippen LogP contribution in [0.5, 0.6) is 0 Å². The summed E-state index contributed by atoms with van der Waals surface area (Å²) in [7, 11) is 9.61. The van der Waals surface area contributed by atoms with Crippen molar-refractivity contribution in [2.75, 3.05) is 49.0 Å². The van der Waals surface area contributed by atoms with Gasteiger partial charge in [-0.05, 0) is 57.7 Å². The van der Waals surface area contributed by atoms with Crippen LogP contribution >= 0.6 is 0 Å². The SMILES string of the molecule is CC[C@H](C)[C@@H]([C@@H](CC(=O)N1CCC[C@H]1[C@H](OC)[C@@H](C)C(=O)C[C@@H](Cc1ccccc1)C(=O)OC)OC)N(C)C(=O)[C@@H](CC(=O)[C@H]([C@@H](C)O)N(C)C)C(C)C. The highest BCUT2D eigenvalue weighted by molar-refractivity contribution is 5.90. The second kappa shape index (κ2) is 22.4. The highest BCUT2D eigenvalue weighted by Crippen LogP contribution is 2.32. The Morgan fingerprint density at radius 3 is 2.02 bits per heavy atom. The molecule has 2 amide bonds. The first-order valence-corrected chi connectivity index (χ1v) is 19.6. The number of likely N-dealkylation sites (N-methyl/N-ethyl adjacent to an activating group) is 2. The first-order valence-electron chi connectivity index (χ1n) is 19.6. The van der Waals surface area contributed by atoms with Gasteiger partial charge in [0.2, 0.25) is 11.8 Å². The van der Waals surface area contributed by atoms with Crippen LogP contribution in [0.2, 0.25) is 0 Å². The maximum Gasteiger partial charge on any atom is 0.309 e. The molecule has 0 bridgehead atoms. The molecule has 1 aromatic carbocycles. The standard InChI is InChI=1S/C42H69N3O9/c1-13-27(4)38(44(9)41(50)32(26(2)3)24-35(48)39(29(6)46)43(7)8)36(52-10)25-37(49)45-21-17-20-33(45)40(53-11)28(5)34(47)23-31(42(51)54-12)22-30-18-15-14-16-19-30/h14-16,18-19,26-29,31-33,36,38-40,46H,13,17,20-25H2,1-12H3/t27-,28-,29+,31+,32-,33-,36+,38-,39-,40+/m0/s1. The van der Waals surface area contributed by atoms with Crippen LogP contribution in [0.4, 0.5) is 0 Å². The molecule has 0 unspecified atom stereocenters. The number of esters is 1. The van der Waals surface area contributed by atoms with Crippen molar-refractivity contribution in [2.45, 2.75) is 123 Å². The fraction of sp³-hybridized carbons (Fsp3) is 0.738. The highest BCUT2D eigenvalue weighted by Gasteiger charge is 2.43. The molecule has 1 aliphatic heterocycles. The summed E-state index contributed by atoms with van der Waals surface area (Å²) < 4.78 is 17.0. The average Bonchev–Trinajstić information content (AvgIpc) is 3.62. The van der Waals surface area contributed by atoms with Gasteiger partial charge in [-0.2, -0.15) is 0 Å². The molecule has 1 aliphatic rings. The van der Waals surface area contributed by atoms with Crippen LogP contribution in [0.25, 0.3) is 0 Å². The first kappa shape index (κ1) is 47.0. The number of amides is 2. The lowest BCUT2D eigenvalue weighted by molar-refractivity contribution is -0.150. The molecule has 0 radical (unpaired) electrons. The molecule has 0 saturated carbocycles. The Kier molecular flexibility index (Phi) is 19.5. The maximum absolute atomic E-state index is 14.2. The van der Waals surface area contributed by atoms with Crippen LogP contribution in [0.15, 0.2) is 30.3 Å². The van der Waals surface area contributed by atoms with E-state index in [1.54, 1.807) is 63.9 Å². The van der Waals surface area contributed by atoms with Gasteiger partial charge in [0, 0.05) is 52.5 Å². The molecule has 10 atom stereocenters. The molecule has 1 saturated heterocycles. The minimum Gasteiger partial charge on any atom is -0.469 e. The number of nitrogens with zero attached hydrogens (tertiary/aromatic N) is 3. The summed E-state index contributed by atoms with van der Waals surface area (Å²) in [6, 6.07) is 7.96. The van der Waals surface area contributed by atoms with E-state index in [0.717, 1.165) is 18.4 Å². The van der Waals surface area contributed by atoms with Gasteiger partial charge in [-0.15, -0.1) is 0 Å². The molecule has 12 heteroatoms. The summed E-state index contributed by atoms with van der Waals surface area (Å²) in [5.74, 6) is -3.20. The van der Waals surface area contributed by atoms with E-state index in [9.17, 15) is 29.1 Å². The summed E-state index contributed by atoms with van der Waals surface area (Å²) in [5.41, 5.74) is 0.933. The minimum absolute atomic E-state index is 0.00981. The van der Waals surface area contributed by atoms with Crippen molar-refractivity contribution < 1.29 is 43.3 Å². The number of methoxy groups -OCH3 is 3. The van der Waals surface area contributed by atoms with E-state index in [1.165, 1.54) is 7.11 Å². The minimum atomic E-state index is -0.894. The Bertz CT molecular complexity index is 1350. The number of benzene rings is 1. The largest absolute Gasteiger partial charge is 0.469 e. The van der Waals surface area contributed by atoms with Crippen LogP contribution in [0.1, 0.15) is 85.6 Å². The lowest BCUT2D eigenvalue weighted by Crippen LogP contribution is -2.54.